The minimum atomic E-state index is -0.241. The van der Waals surface area contributed by atoms with E-state index in [4.69, 9.17) is 0 Å². The largest absolute Gasteiger partial charge is 0.321 e. The fraction of sp³-hybridized carbons (Fsp3) is 0.538. The first-order valence-electron chi connectivity index (χ1n) is 11.5. The molecule has 6 nitrogen and oxygen atoms in total. The van der Waals surface area contributed by atoms with Crippen LogP contribution in [0.15, 0.2) is 52.4 Å². The van der Waals surface area contributed by atoms with Gasteiger partial charge in [0.05, 0.1) is 6.33 Å². The Labute approximate surface area is 191 Å². The second-order valence-corrected chi connectivity index (χ2v) is 9.28. The molecular formula is C26H38N4O2. The highest BCUT2D eigenvalue weighted by atomic mass is 16.1. The van der Waals surface area contributed by atoms with E-state index in [0.29, 0.717) is 30.0 Å². The number of hydrogen-bond donors (Lipinski definition) is 0. The molecule has 0 radical (unpaired) electrons. The quantitative estimate of drug-likeness (QED) is 0.322. The predicted molar refractivity (Wildman–Crippen MR) is 132 cm³/mol. The Balaban J connectivity index is 1.78. The van der Waals surface area contributed by atoms with Gasteiger partial charge in [0.25, 0.3) is 5.56 Å². The molecule has 0 spiro atoms. The Morgan fingerprint density at radius 1 is 1.00 bits per heavy atom. The summed E-state index contributed by atoms with van der Waals surface area (Å²) < 4.78 is 3.62. The molecule has 2 heterocycles. The molecule has 0 bridgehead atoms. The second kappa shape index (κ2) is 12.3. The summed E-state index contributed by atoms with van der Waals surface area (Å²) in [5.74, 6) is 0.658. The van der Waals surface area contributed by atoms with Gasteiger partial charge in [0.2, 0.25) is 0 Å². The third kappa shape index (κ3) is 8.06. The Hall–Kier alpha value is -2.76. The monoisotopic (exact) mass is 438 g/mol. The molecule has 174 valence electrons. The number of carbonyl (C=O) groups is 1. The summed E-state index contributed by atoms with van der Waals surface area (Å²) >= 11 is 0. The van der Waals surface area contributed by atoms with Crippen LogP contribution in [-0.2, 0) is 18.4 Å². The number of rotatable bonds is 12. The normalized spacial score (nSPS) is 13.4. The van der Waals surface area contributed by atoms with E-state index < -0.39 is 0 Å². The Kier molecular flexibility index (Phi) is 9.82. The van der Waals surface area contributed by atoms with Gasteiger partial charge in [-0.25, -0.2) is 4.98 Å². The van der Waals surface area contributed by atoms with E-state index in [1.54, 1.807) is 10.9 Å². The van der Waals surface area contributed by atoms with E-state index >= 15 is 0 Å². The van der Waals surface area contributed by atoms with Gasteiger partial charge in [-0.05, 0) is 64.9 Å². The van der Waals surface area contributed by atoms with Gasteiger partial charge in [0.15, 0.2) is 16.9 Å². The van der Waals surface area contributed by atoms with Crippen LogP contribution in [-0.4, -0.2) is 24.9 Å². The lowest BCUT2D eigenvalue weighted by Gasteiger charge is -2.05. The molecule has 0 atom stereocenters. The van der Waals surface area contributed by atoms with Gasteiger partial charge in [-0.1, -0.05) is 42.7 Å². The number of aryl methyl sites for hydroxylation is 1. The SMILES string of the molecule is CC(=CCn1cnc2c1c(=O)ncn2C)CCC=C(C)CCCC(C)=CC(=O)CC(C)C. The average molecular weight is 439 g/mol. The van der Waals surface area contributed by atoms with E-state index in [1.807, 2.05) is 17.7 Å². The molecule has 0 saturated heterocycles. The third-order valence-electron chi connectivity index (χ3n) is 5.53. The van der Waals surface area contributed by atoms with Gasteiger partial charge >= 0.3 is 0 Å². The van der Waals surface area contributed by atoms with Crippen LogP contribution in [0.3, 0.4) is 0 Å². The van der Waals surface area contributed by atoms with Gasteiger partial charge in [-0.2, -0.15) is 4.98 Å². The Morgan fingerprint density at radius 3 is 2.41 bits per heavy atom. The number of ketones is 1. The number of fused-ring (bicyclic) bond motifs is 1. The Bertz CT molecular complexity index is 1070. The van der Waals surface area contributed by atoms with Gasteiger partial charge in [0.1, 0.15) is 6.33 Å². The summed E-state index contributed by atoms with van der Waals surface area (Å²) in [6.07, 6.45) is 15.2. The highest BCUT2D eigenvalue weighted by molar-refractivity contribution is 5.90. The first-order chi connectivity index (χ1) is 15.2. The molecule has 0 N–H and O–H groups in total. The summed E-state index contributed by atoms with van der Waals surface area (Å²) in [4.78, 5) is 32.2. The van der Waals surface area contributed by atoms with Crippen molar-refractivity contribution >= 4 is 16.9 Å². The van der Waals surface area contributed by atoms with Crippen molar-refractivity contribution in [3.63, 3.8) is 0 Å². The van der Waals surface area contributed by atoms with Crippen LogP contribution in [0, 0.1) is 5.92 Å². The number of imidazole rings is 1. The van der Waals surface area contributed by atoms with E-state index in [0.717, 1.165) is 32.1 Å². The number of aromatic nitrogens is 4. The van der Waals surface area contributed by atoms with Crippen molar-refractivity contribution in [3.8, 4) is 0 Å². The average Bonchev–Trinajstić information content (AvgIpc) is 3.14. The maximum absolute atomic E-state index is 12.1. The standard InChI is InChI=1S/C26H38N4O2/c1-19(2)15-23(31)16-22(5)12-8-10-20(3)9-7-11-21(4)13-14-30-18-27-25-24(30)26(32)28-17-29(25)6/h9,13,16-19H,7-8,10-12,14-15H2,1-6H3. The first kappa shape index (κ1) is 25.5. The van der Waals surface area contributed by atoms with Crippen molar-refractivity contribution in [1.29, 1.82) is 0 Å². The highest BCUT2D eigenvalue weighted by Gasteiger charge is 2.08. The smallest absolute Gasteiger partial charge is 0.298 e. The molecule has 0 saturated carbocycles. The summed E-state index contributed by atoms with van der Waals surface area (Å²) in [5, 5.41) is 0. The molecule has 32 heavy (non-hydrogen) atoms. The molecule has 6 heteroatoms. The Morgan fingerprint density at radius 2 is 1.69 bits per heavy atom. The number of carbonyl (C=O) groups excluding carboxylic acids is 1. The fourth-order valence-corrected chi connectivity index (χ4v) is 3.70. The van der Waals surface area contributed by atoms with Crippen molar-refractivity contribution in [2.75, 3.05) is 0 Å². The fourth-order valence-electron chi connectivity index (χ4n) is 3.70. The van der Waals surface area contributed by atoms with Crippen LogP contribution in [0.2, 0.25) is 0 Å². The van der Waals surface area contributed by atoms with Crippen LogP contribution >= 0.6 is 0 Å². The van der Waals surface area contributed by atoms with E-state index in [2.05, 4.69) is 56.7 Å². The third-order valence-corrected chi connectivity index (χ3v) is 5.53. The zero-order valence-corrected chi connectivity index (χ0v) is 20.5. The van der Waals surface area contributed by atoms with Crippen molar-refractivity contribution in [3.05, 3.63) is 58.0 Å². The number of hydrogen-bond acceptors (Lipinski definition) is 4. The maximum atomic E-state index is 12.1. The zero-order valence-electron chi connectivity index (χ0n) is 20.5. The summed E-state index contributed by atoms with van der Waals surface area (Å²) in [7, 11) is 1.84. The molecule has 2 aromatic rings. The highest BCUT2D eigenvalue weighted by Crippen LogP contribution is 2.15. The van der Waals surface area contributed by atoms with Gasteiger partial charge < -0.3 is 9.13 Å². The minimum absolute atomic E-state index is 0.241. The molecular weight excluding hydrogens is 400 g/mol. The predicted octanol–water partition coefficient (Wildman–Crippen LogP) is 5.53. The van der Waals surface area contributed by atoms with Crippen LogP contribution in [0.1, 0.15) is 73.1 Å². The molecule has 0 unspecified atom stereocenters. The van der Waals surface area contributed by atoms with Crippen LogP contribution in [0.5, 0.6) is 0 Å². The molecule has 0 aromatic carbocycles. The summed E-state index contributed by atoms with van der Waals surface area (Å²) in [6.45, 7) is 11.1. The first-order valence-corrected chi connectivity index (χ1v) is 11.5. The van der Waals surface area contributed by atoms with Gasteiger partial charge in [-0.3, -0.25) is 9.59 Å². The molecule has 0 fully saturated rings. The van der Waals surface area contributed by atoms with Crippen LogP contribution in [0.4, 0.5) is 0 Å². The number of nitrogens with zero attached hydrogens (tertiary/aromatic N) is 4. The van der Waals surface area contributed by atoms with Crippen molar-refractivity contribution in [2.45, 2.75) is 79.7 Å². The maximum Gasteiger partial charge on any atom is 0.298 e. The van der Waals surface area contributed by atoms with Crippen molar-refractivity contribution < 1.29 is 4.79 Å². The second-order valence-electron chi connectivity index (χ2n) is 9.28. The van der Waals surface area contributed by atoms with E-state index in [1.165, 1.54) is 23.0 Å². The lowest BCUT2D eigenvalue weighted by Crippen LogP contribution is -2.13. The number of allylic oxidation sites excluding steroid dienone is 6. The van der Waals surface area contributed by atoms with Gasteiger partial charge in [0, 0.05) is 20.0 Å². The molecule has 2 aromatic heterocycles. The zero-order chi connectivity index (χ0) is 23.7. The van der Waals surface area contributed by atoms with Crippen LogP contribution in [0.25, 0.3) is 11.2 Å². The lowest BCUT2D eigenvalue weighted by atomic mass is 10.0. The van der Waals surface area contributed by atoms with Gasteiger partial charge in [-0.15, -0.1) is 0 Å². The van der Waals surface area contributed by atoms with E-state index in [9.17, 15) is 9.59 Å². The minimum Gasteiger partial charge on any atom is -0.321 e. The molecule has 0 aliphatic heterocycles. The van der Waals surface area contributed by atoms with Crippen molar-refractivity contribution in [2.24, 2.45) is 13.0 Å². The molecule has 2 rings (SSSR count). The van der Waals surface area contributed by atoms with Crippen LogP contribution < -0.4 is 5.56 Å². The topological polar surface area (TPSA) is 69.8 Å². The molecule has 0 aliphatic rings. The van der Waals surface area contributed by atoms with Crippen molar-refractivity contribution in [1.82, 2.24) is 19.1 Å². The molecule has 0 amide bonds. The summed E-state index contributed by atoms with van der Waals surface area (Å²) in [6, 6.07) is 0. The lowest BCUT2D eigenvalue weighted by molar-refractivity contribution is -0.115. The molecule has 0 aliphatic carbocycles. The summed E-state index contributed by atoms with van der Waals surface area (Å²) in [5.41, 5.74) is 4.83. The van der Waals surface area contributed by atoms with E-state index in [-0.39, 0.29) is 11.3 Å².